The summed E-state index contributed by atoms with van der Waals surface area (Å²) in [5.41, 5.74) is -1.34. The van der Waals surface area contributed by atoms with E-state index in [2.05, 4.69) is 0 Å². The minimum absolute atomic E-state index is 0.156. The summed E-state index contributed by atoms with van der Waals surface area (Å²) in [7, 11) is 0. The lowest BCUT2D eigenvalue weighted by atomic mass is 10.2. The van der Waals surface area contributed by atoms with Crippen LogP contribution in [-0.2, 0) is 4.74 Å². The van der Waals surface area contributed by atoms with E-state index in [0.29, 0.717) is 0 Å². The minimum atomic E-state index is -0.883. The number of esters is 1. The predicted octanol–water partition coefficient (Wildman–Crippen LogP) is 1.47. The standard InChI is InChI=1S/C11H14O5/c1-6(2)5-15-10(13)9-8(12)4-7(3)16-11(9)14/h4,6,12H,5H2,1-3H3. The van der Waals surface area contributed by atoms with E-state index < -0.39 is 22.9 Å². The van der Waals surface area contributed by atoms with E-state index in [9.17, 15) is 14.7 Å². The Bertz CT molecular complexity index is 444. The summed E-state index contributed by atoms with van der Waals surface area (Å²) in [4.78, 5) is 22.8. The molecular formula is C11H14O5. The van der Waals surface area contributed by atoms with Crippen molar-refractivity contribution >= 4 is 5.97 Å². The average molecular weight is 226 g/mol. The number of hydrogen-bond donors (Lipinski definition) is 1. The minimum Gasteiger partial charge on any atom is -0.507 e. The number of aryl methyl sites for hydroxylation is 1. The highest BCUT2D eigenvalue weighted by Gasteiger charge is 2.19. The maximum atomic E-state index is 11.5. The van der Waals surface area contributed by atoms with Crippen LogP contribution in [0, 0.1) is 12.8 Å². The van der Waals surface area contributed by atoms with Gasteiger partial charge in [0, 0.05) is 6.07 Å². The van der Waals surface area contributed by atoms with Crippen LogP contribution >= 0.6 is 0 Å². The van der Waals surface area contributed by atoms with Crippen molar-refractivity contribution in [3.05, 3.63) is 27.8 Å². The topological polar surface area (TPSA) is 76.7 Å². The molecule has 0 saturated carbocycles. The number of rotatable bonds is 3. The Balaban J connectivity index is 2.96. The van der Waals surface area contributed by atoms with Gasteiger partial charge < -0.3 is 14.3 Å². The highest BCUT2D eigenvalue weighted by atomic mass is 16.5. The van der Waals surface area contributed by atoms with E-state index in [1.54, 1.807) is 0 Å². The Labute approximate surface area is 92.7 Å². The molecule has 0 atom stereocenters. The molecule has 0 saturated heterocycles. The number of aromatic hydroxyl groups is 1. The summed E-state index contributed by atoms with van der Waals surface area (Å²) in [6.45, 7) is 5.42. The van der Waals surface area contributed by atoms with Crippen molar-refractivity contribution in [2.45, 2.75) is 20.8 Å². The predicted molar refractivity (Wildman–Crippen MR) is 56.5 cm³/mol. The molecule has 1 aromatic rings. The van der Waals surface area contributed by atoms with Gasteiger partial charge in [0.05, 0.1) is 6.61 Å². The second-order valence-electron chi connectivity index (χ2n) is 3.90. The molecule has 1 N–H and O–H groups in total. The average Bonchev–Trinajstić information content (AvgIpc) is 2.12. The lowest BCUT2D eigenvalue weighted by molar-refractivity contribution is 0.0450. The maximum absolute atomic E-state index is 11.5. The third kappa shape index (κ3) is 2.85. The molecule has 0 spiro atoms. The quantitative estimate of drug-likeness (QED) is 0.789. The zero-order valence-electron chi connectivity index (χ0n) is 9.44. The Kier molecular flexibility index (Phi) is 3.71. The summed E-state index contributed by atoms with van der Waals surface area (Å²) >= 11 is 0. The van der Waals surface area contributed by atoms with Crippen molar-refractivity contribution in [1.82, 2.24) is 0 Å². The molecule has 0 fully saturated rings. The second kappa shape index (κ2) is 4.83. The molecule has 5 heteroatoms. The molecule has 0 aliphatic heterocycles. The first-order valence-electron chi connectivity index (χ1n) is 4.92. The van der Waals surface area contributed by atoms with Crippen molar-refractivity contribution in [2.24, 2.45) is 5.92 Å². The first-order chi connectivity index (χ1) is 7.41. The van der Waals surface area contributed by atoms with Crippen LogP contribution in [0.5, 0.6) is 5.75 Å². The van der Waals surface area contributed by atoms with E-state index in [0.717, 1.165) is 0 Å². The van der Waals surface area contributed by atoms with Crippen LogP contribution in [0.25, 0.3) is 0 Å². The van der Waals surface area contributed by atoms with Crippen molar-refractivity contribution in [1.29, 1.82) is 0 Å². The second-order valence-corrected chi connectivity index (χ2v) is 3.90. The van der Waals surface area contributed by atoms with Gasteiger partial charge >= 0.3 is 11.6 Å². The van der Waals surface area contributed by atoms with Crippen LogP contribution in [0.15, 0.2) is 15.3 Å². The van der Waals surface area contributed by atoms with E-state index in [1.165, 1.54) is 13.0 Å². The number of ether oxygens (including phenoxy) is 1. The smallest absolute Gasteiger partial charge is 0.354 e. The summed E-state index contributed by atoms with van der Waals surface area (Å²) in [5.74, 6) is -0.881. The Morgan fingerprint density at radius 2 is 2.19 bits per heavy atom. The van der Waals surface area contributed by atoms with Crippen molar-refractivity contribution in [2.75, 3.05) is 6.61 Å². The molecule has 0 unspecified atom stereocenters. The first-order valence-corrected chi connectivity index (χ1v) is 4.92. The molecule has 0 aromatic carbocycles. The molecule has 88 valence electrons. The van der Waals surface area contributed by atoms with Gasteiger partial charge in [-0.25, -0.2) is 9.59 Å². The molecule has 0 aliphatic carbocycles. The van der Waals surface area contributed by atoms with E-state index in [1.807, 2.05) is 13.8 Å². The summed E-state index contributed by atoms with van der Waals surface area (Å²) in [5, 5.41) is 9.45. The number of hydrogen-bond acceptors (Lipinski definition) is 5. The molecule has 5 nitrogen and oxygen atoms in total. The van der Waals surface area contributed by atoms with Gasteiger partial charge in [0.15, 0.2) is 5.56 Å². The fourth-order valence-electron chi connectivity index (χ4n) is 1.10. The number of carbonyl (C=O) groups excluding carboxylic acids is 1. The Hall–Kier alpha value is -1.78. The van der Waals surface area contributed by atoms with Gasteiger partial charge in [0.25, 0.3) is 0 Å². The zero-order valence-corrected chi connectivity index (χ0v) is 9.44. The number of carbonyl (C=O) groups is 1. The molecule has 0 radical (unpaired) electrons. The molecule has 1 heterocycles. The highest BCUT2D eigenvalue weighted by Crippen LogP contribution is 2.15. The Morgan fingerprint density at radius 3 is 2.69 bits per heavy atom. The molecule has 1 rings (SSSR count). The first kappa shape index (κ1) is 12.3. The van der Waals surface area contributed by atoms with Crippen molar-refractivity contribution in [3.63, 3.8) is 0 Å². The van der Waals surface area contributed by atoms with Gasteiger partial charge in [-0.3, -0.25) is 0 Å². The Morgan fingerprint density at radius 1 is 1.56 bits per heavy atom. The summed E-state index contributed by atoms with van der Waals surface area (Å²) in [6.07, 6.45) is 0. The summed E-state index contributed by atoms with van der Waals surface area (Å²) in [6, 6.07) is 1.20. The van der Waals surface area contributed by atoms with Crippen LogP contribution in [0.4, 0.5) is 0 Å². The summed E-state index contributed by atoms with van der Waals surface area (Å²) < 4.78 is 9.53. The van der Waals surface area contributed by atoms with Crippen LogP contribution in [0.3, 0.4) is 0 Å². The SMILES string of the molecule is Cc1cc(O)c(C(=O)OCC(C)C)c(=O)o1. The van der Waals surface area contributed by atoms with Gasteiger partial charge in [-0.15, -0.1) is 0 Å². The highest BCUT2D eigenvalue weighted by molar-refractivity contribution is 5.91. The van der Waals surface area contributed by atoms with E-state index in [-0.39, 0.29) is 18.3 Å². The van der Waals surface area contributed by atoms with Crippen molar-refractivity contribution in [3.8, 4) is 5.75 Å². The monoisotopic (exact) mass is 226 g/mol. The molecular weight excluding hydrogens is 212 g/mol. The van der Waals surface area contributed by atoms with Gasteiger partial charge in [-0.05, 0) is 12.8 Å². The van der Waals surface area contributed by atoms with Crippen LogP contribution < -0.4 is 5.63 Å². The third-order valence-corrected chi connectivity index (χ3v) is 1.81. The molecule has 0 aliphatic rings. The van der Waals surface area contributed by atoms with Gasteiger partial charge in [-0.2, -0.15) is 0 Å². The van der Waals surface area contributed by atoms with Gasteiger partial charge in [-0.1, -0.05) is 13.8 Å². The van der Waals surface area contributed by atoms with Crippen LogP contribution in [-0.4, -0.2) is 17.7 Å². The van der Waals surface area contributed by atoms with Gasteiger partial charge in [0.1, 0.15) is 11.5 Å². The molecule has 0 amide bonds. The fourth-order valence-corrected chi connectivity index (χ4v) is 1.10. The molecule has 16 heavy (non-hydrogen) atoms. The van der Waals surface area contributed by atoms with Crippen LogP contribution in [0.1, 0.15) is 30.0 Å². The third-order valence-electron chi connectivity index (χ3n) is 1.81. The van der Waals surface area contributed by atoms with Gasteiger partial charge in [0.2, 0.25) is 0 Å². The van der Waals surface area contributed by atoms with E-state index in [4.69, 9.17) is 9.15 Å². The molecule has 0 bridgehead atoms. The van der Waals surface area contributed by atoms with Crippen molar-refractivity contribution < 1.29 is 19.1 Å². The normalized spacial score (nSPS) is 10.5. The van der Waals surface area contributed by atoms with E-state index >= 15 is 0 Å². The maximum Gasteiger partial charge on any atom is 0.354 e. The lowest BCUT2D eigenvalue weighted by Crippen LogP contribution is -2.19. The largest absolute Gasteiger partial charge is 0.507 e. The van der Waals surface area contributed by atoms with Crippen LogP contribution in [0.2, 0.25) is 0 Å². The fraction of sp³-hybridized carbons (Fsp3) is 0.455. The lowest BCUT2D eigenvalue weighted by Gasteiger charge is -2.07. The zero-order chi connectivity index (χ0) is 12.3. The molecule has 1 aromatic heterocycles.